The first-order valence-electron chi connectivity index (χ1n) is 8.64. The summed E-state index contributed by atoms with van der Waals surface area (Å²) in [7, 11) is 0. The van der Waals surface area contributed by atoms with Crippen molar-refractivity contribution >= 4 is 17.8 Å². The van der Waals surface area contributed by atoms with E-state index in [2.05, 4.69) is 20.2 Å². The summed E-state index contributed by atoms with van der Waals surface area (Å²) in [6, 6.07) is 3.15. The van der Waals surface area contributed by atoms with Crippen LogP contribution in [0.15, 0.2) is 28.9 Å². The SMILES string of the molecule is Cc1cc(C(=O)N2CCN([C@H](C)C(=O)Nc3ncccn3)CC2)c(C)o1. The Labute approximate surface area is 152 Å². The highest BCUT2D eigenvalue weighted by Gasteiger charge is 2.29. The molecule has 1 N–H and O–H groups in total. The number of hydrogen-bond acceptors (Lipinski definition) is 6. The molecule has 8 nitrogen and oxygen atoms in total. The molecule has 0 aliphatic carbocycles. The van der Waals surface area contributed by atoms with Crippen LogP contribution in [0.25, 0.3) is 0 Å². The summed E-state index contributed by atoms with van der Waals surface area (Å²) in [6.45, 7) is 7.88. The van der Waals surface area contributed by atoms with Gasteiger partial charge in [0.1, 0.15) is 11.5 Å². The van der Waals surface area contributed by atoms with Crippen molar-refractivity contribution in [2.24, 2.45) is 0 Å². The van der Waals surface area contributed by atoms with Crippen LogP contribution in [0.4, 0.5) is 5.95 Å². The molecule has 1 atom stereocenters. The van der Waals surface area contributed by atoms with Gasteiger partial charge in [-0.15, -0.1) is 0 Å². The molecule has 2 aromatic rings. The topological polar surface area (TPSA) is 91.6 Å². The number of furan rings is 1. The van der Waals surface area contributed by atoms with Crippen molar-refractivity contribution in [3.8, 4) is 0 Å². The molecule has 1 saturated heterocycles. The van der Waals surface area contributed by atoms with Gasteiger partial charge in [0.05, 0.1) is 11.6 Å². The second kappa shape index (κ2) is 7.65. The summed E-state index contributed by atoms with van der Waals surface area (Å²) < 4.78 is 5.45. The Morgan fingerprint density at radius 3 is 2.38 bits per heavy atom. The number of nitrogens with one attached hydrogen (secondary N) is 1. The van der Waals surface area contributed by atoms with Gasteiger partial charge in [-0.3, -0.25) is 19.8 Å². The van der Waals surface area contributed by atoms with Gasteiger partial charge in [0.15, 0.2) is 0 Å². The molecule has 2 aromatic heterocycles. The summed E-state index contributed by atoms with van der Waals surface area (Å²) in [6.07, 6.45) is 3.16. The number of rotatable bonds is 4. The zero-order valence-corrected chi connectivity index (χ0v) is 15.2. The van der Waals surface area contributed by atoms with Crippen molar-refractivity contribution in [3.63, 3.8) is 0 Å². The fourth-order valence-electron chi connectivity index (χ4n) is 3.07. The Bertz CT molecular complexity index is 781. The molecular formula is C18H23N5O3. The number of carbonyl (C=O) groups is 2. The summed E-state index contributed by atoms with van der Waals surface area (Å²) in [5.41, 5.74) is 0.614. The molecule has 1 fully saturated rings. The quantitative estimate of drug-likeness (QED) is 0.891. The average molecular weight is 357 g/mol. The maximum atomic E-state index is 12.6. The van der Waals surface area contributed by atoms with Gasteiger partial charge in [0.25, 0.3) is 5.91 Å². The van der Waals surface area contributed by atoms with Gasteiger partial charge in [0.2, 0.25) is 11.9 Å². The maximum Gasteiger partial charge on any atom is 0.257 e. The molecule has 0 spiro atoms. The molecule has 3 heterocycles. The van der Waals surface area contributed by atoms with Crippen LogP contribution in [0.5, 0.6) is 0 Å². The van der Waals surface area contributed by atoms with Gasteiger partial charge in [-0.1, -0.05) is 0 Å². The van der Waals surface area contributed by atoms with E-state index >= 15 is 0 Å². The van der Waals surface area contributed by atoms with E-state index in [-0.39, 0.29) is 17.9 Å². The predicted octanol–water partition coefficient (Wildman–Crippen LogP) is 1.47. The molecule has 0 radical (unpaired) electrons. The van der Waals surface area contributed by atoms with E-state index in [1.54, 1.807) is 36.4 Å². The lowest BCUT2D eigenvalue weighted by molar-refractivity contribution is -0.121. The van der Waals surface area contributed by atoms with Crippen LogP contribution in [0, 0.1) is 13.8 Å². The van der Waals surface area contributed by atoms with E-state index in [0.29, 0.717) is 43.5 Å². The molecule has 2 amide bonds. The van der Waals surface area contributed by atoms with Gasteiger partial charge in [0, 0.05) is 38.6 Å². The maximum absolute atomic E-state index is 12.6. The second-order valence-electron chi connectivity index (χ2n) is 6.39. The standard InChI is InChI=1S/C18H23N5O3/c1-12-11-15(14(3)26-12)17(25)23-9-7-22(8-10-23)13(2)16(24)21-18-19-5-4-6-20-18/h4-6,11,13H,7-10H2,1-3H3,(H,19,20,21,24)/t13-/m1/s1. The van der Waals surface area contributed by atoms with Crippen molar-refractivity contribution in [1.29, 1.82) is 0 Å². The number of nitrogens with zero attached hydrogens (tertiary/aromatic N) is 4. The lowest BCUT2D eigenvalue weighted by Crippen LogP contribution is -2.54. The van der Waals surface area contributed by atoms with Crippen LogP contribution < -0.4 is 5.32 Å². The number of amides is 2. The third kappa shape index (κ3) is 3.91. The van der Waals surface area contributed by atoms with Crippen LogP contribution in [0.3, 0.4) is 0 Å². The Morgan fingerprint density at radius 1 is 1.15 bits per heavy atom. The third-order valence-electron chi connectivity index (χ3n) is 4.60. The third-order valence-corrected chi connectivity index (χ3v) is 4.60. The molecule has 138 valence electrons. The van der Waals surface area contributed by atoms with Crippen molar-refractivity contribution in [2.75, 3.05) is 31.5 Å². The predicted molar refractivity (Wildman–Crippen MR) is 95.8 cm³/mol. The number of carbonyl (C=O) groups excluding carboxylic acids is 2. The normalized spacial score (nSPS) is 16.3. The molecule has 3 rings (SSSR count). The summed E-state index contributed by atoms with van der Waals surface area (Å²) in [5, 5.41) is 2.71. The first kappa shape index (κ1) is 18.1. The average Bonchev–Trinajstić information content (AvgIpc) is 2.99. The summed E-state index contributed by atoms with van der Waals surface area (Å²) >= 11 is 0. The van der Waals surface area contributed by atoms with Crippen molar-refractivity contribution in [1.82, 2.24) is 19.8 Å². The van der Waals surface area contributed by atoms with Gasteiger partial charge >= 0.3 is 0 Å². The smallest absolute Gasteiger partial charge is 0.257 e. The summed E-state index contributed by atoms with van der Waals surface area (Å²) in [5.74, 6) is 1.50. The summed E-state index contributed by atoms with van der Waals surface area (Å²) in [4.78, 5) is 36.9. The zero-order valence-electron chi connectivity index (χ0n) is 15.2. The van der Waals surface area contributed by atoms with Crippen LogP contribution in [-0.4, -0.2) is 63.8 Å². The molecule has 0 saturated carbocycles. The largest absolute Gasteiger partial charge is 0.466 e. The monoisotopic (exact) mass is 357 g/mol. The Morgan fingerprint density at radius 2 is 1.81 bits per heavy atom. The van der Waals surface area contributed by atoms with Crippen LogP contribution in [0.1, 0.15) is 28.8 Å². The molecule has 0 aromatic carbocycles. The minimum atomic E-state index is -0.325. The highest BCUT2D eigenvalue weighted by molar-refractivity contribution is 5.95. The van der Waals surface area contributed by atoms with Crippen LogP contribution in [0.2, 0.25) is 0 Å². The van der Waals surface area contributed by atoms with Crippen LogP contribution >= 0.6 is 0 Å². The van der Waals surface area contributed by atoms with Gasteiger partial charge in [-0.25, -0.2) is 9.97 Å². The van der Waals surface area contributed by atoms with Gasteiger partial charge < -0.3 is 9.32 Å². The molecule has 0 bridgehead atoms. The highest BCUT2D eigenvalue weighted by atomic mass is 16.3. The lowest BCUT2D eigenvalue weighted by Gasteiger charge is -2.37. The van der Waals surface area contributed by atoms with Crippen molar-refractivity contribution < 1.29 is 14.0 Å². The molecule has 1 aliphatic heterocycles. The number of hydrogen-bond donors (Lipinski definition) is 1. The first-order valence-corrected chi connectivity index (χ1v) is 8.64. The first-order chi connectivity index (χ1) is 12.5. The molecule has 1 aliphatic rings. The zero-order chi connectivity index (χ0) is 18.7. The fourth-order valence-corrected chi connectivity index (χ4v) is 3.07. The van der Waals surface area contributed by atoms with Crippen molar-refractivity contribution in [2.45, 2.75) is 26.8 Å². The Balaban J connectivity index is 1.55. The molecule has 0 unspecified atom stereocenters. The van der Waals surface area contributed by atoms with E-state index in [9.17, 15) is 9.59 Å². The van der Waals surface area contributed by atoms with E-state index in [1.807, 2.05) is 13.8 Å². The van der Waals surface area contributed by atoms with E-state index < -0.39 is 0 Å². The van der Waals surface area contributed by atoms with Crippen LogP contribution in [-0.2, 0) is 4.79 Å². The number of piperazine rings is 1. The van der Waals surface area contributed by atoms with E-state index in [1.165, 1.54) is 0 Å². The van der Waals surface area contributed by atoms with Gasteiger partial charge in [-0.2, -0.15) is 0 Å². The van der Waals surface area contributed by atoms with E-state index in [4.69, 9.17) is 4.42 Å². The number of aromatic nitrogens is 2. The van der Waals surface area contributed by atoms with Crippen molar-refractivity contribution in [3.05, 3.63) is 41.6 Å². The lowest BCUT2D eigenvalue weighted by atomic mass is 10.1. The van der Waals surface area contributed by atoms with Gasteiger partial charge in [-0.05, 0) is 32.9 Å². The molecule has 8 heteroatoms. The minimum Gasteiger partial charge on any atom is -0.466 e. The Hall–Kier alpha value is -2.74. The van der Waals surface area contributed by atoms with E-state index in [0.717, 1.165) is 5.76 Å². The second-order valence-corrected chi connectivity index (χ2v) is 6.39. The number of anilines is 1. The Kier molecular flexibility index (Phi) is 5.32. The molecular weight excluding hydrogens is 334 g/mol. The highest BCUT2D eigenvalue weighted by Crippen LogP contribution is 2.18. The number of aryl methyl sites for hydroxylation is 2. The fraction of sp³-hybridized carbons (Fsp3) is 0.444. The molecule has 26 heavy (non-hydrogen) atoms. The minimum absolute atomic E-state index is 0.0196.